The highest BCUT2D eigenvalue weighted by molar-refractivity contribution is 6.16. The molecule has 0 fully saturated rings. The zero-order valence-corrected chi connectivity index (χ0v) is 17.8. The molecule has 5 rings (SSSR count). The number of rotatable bonds is 5. The Balaban J connectivity index is 1.69. The second-order valence-corrected chi connectivity index (χ2v) is 7.65. The molecule has 0 aliphatic carbocycles. The molecule has 0 unspecified atom stereocenters. The highest BCUT2D eigenvalue weighted by atomic mass is 16.5. The van der Waals surface area contributed by atoms with Gasteiger partial charge < -0.3 is 15.0 Å². The fourth-order valence-electron chi connectivity index (χ4n) is 4.02. The van der Waals surface area contributed by atoms with E-state index in [1.165, 1.54) is 6.92 Å². The Kier molecular flexibility index (Phi) is 5.03. The van der Waals surface area contributed by atoms with Crippen LogP contribution >= 0.6 is 0 Å². The van der Waals surface area contributed by atoms with Crippen molar-refractivity contribution in [1.82, 2.24) is 20.3 Å². The molecule has 3 aromatic heterocycles. The molecule has 0 aliphatic heterocycles. The first-order valence-electron chi connectivity index (χ1n) is 10.4. The number of benzene rings is 2. The lowest BCUT2D eigenvalue weighted by Crippen LogP contribution is -2.18. The Hall–Kier alpha value is -4.19. The van der Waals surface area contributed by atoms with Gasteiger partial charge in [-0.3, -0.25) is 14.8 Å². The molecule has 0 bridgehead atoms. The molecule has 3 heterocycles. The van der Waals surface area contributed by atoms with Gasteiger partial charge in [0.2, 0.25) is 5.91 Å². The molecule has 158 valence electrons. The van der Waals surface area contributed by atoms with Gasteiger partial charge in [-0.15, -0.1) is 0 Å². The van der Waals surface area contributed by atoms with Crippen LogP contribution < -0.4 is 10.1 Å². The zero-order chi connectivity index (χ0) is 22.1. The zero-order valence-electron chi connectivity index (χ0n) is 17.8. The minimum atomic E-state index is -0.0441. The summed E-state index contributed by atoms with van der Waals surface area (Å²) in [5.41, 5.74) is 6.91. The molecule has 0 atom stereocenters. The molecule has 32 heavy (non-hydrogen) atoms. The number of amides is 1. The summed E-state index contributed by atoms with van der Waals surface area (Å²) in [5, 5.41) is 4.99. The number of nitrogens with one attached hydrogen (secondary N) is 2. The van der Waals surface area contributed by atoms with Gasteiger partial charge in [0.1, 0.15) is 5.75 Å². The Labute approximate surface area is 185 Å². The number of pyridine rings is 2. The van der Waals surface area contributed by atoms with E-state index < -0.39 is 0 Å². The van der Waals surface area contributed by atoms with Crippen molar-refractivity contribution in [1.29, 1.82) is 0 Å². The summed E-state index contributed by atoms with van der Waals surface area (Å²) in [6.45, 7) is 2.02. The highest BCUT2D eigenvalue weighted by Crippen LogP contribution is 2.41. The number of hydrogen-bond acceptors (Lipinski definition) is 4. The van der Waals surface area contributed by atoms with Crippen molar-refractivity contribution >= 4 is 27.7 Å². The van der Waals surface area contributed by atoms with Crippen LogP contribution in [-0.2, 0) is 11.3 Å². The second kappa shape index (κ2) is 8.15. The quantitative estimate of drug-likeness (QED) is 0.413. The summed E-state index contributed by atoms with van der Waals surface area (Å²) < 4.78 is 5.75. The van der Waals surface area contributed by atoms with Crippen molar-refractivity contribution in [2.45, 2.75) is 13.5 Å². The van der Waals surface area contributed by atoms with Crippen LogP contribution in [-0.4, -0.2) is 28.0 Å². The molecule has 5 aromatic rings. The third kappa shape index (κ3) is 3.56. The number of aromatic amines is 1. The average molecular weight is 422 g/mol. The summed E-state index contributed by atoms with van der Waals surface area (Å²) in [5.74, 6) is 0.755. The van der Waals surface area contributed by atoms with Gasteiger partial charge in [-0.25, -0.2) is 0 Å². The van der Waals surface area contributed by atoms with Crippen molar-refractivity contribution in [3.63, 3.8) is 0 Å². The minimum absolute atomic E-state index is 0.0441. The van der Waals surface area contributed by atoms with Crippen molar-refractivity contribution in [2.75, 3.05) is 7.11 Å². The first kappa shape index (κ1) is 19.8. The van der Waals surface area contributed by atoms with Crippen molar-refractivity contribution in [3.8, 4) is 28.1 Å². The van der Waals surface area contributed by atoms with Crippen LogP contribution in [0.3, 0.4) is 0 Å². The van der Waals surface area contributed by atoms with E-state index in [0.717, 1.165) is 55.5 Å². The summed E-state index contributed by atoms with van der Waals surface area (Å²) in [4.78, 5) is 23.6. The van der Waals surface area contributed by atoms with Crippen LogP contribution in [0.2, 0.25) is 0 Å². The van der Waals surface area contributed by atoms with E-state index in [9.17, 15) is 4.79 Å². The van der Waals surface area contributed by atoms with E-state index in [1.807, 2.05) is 48.8 Å². The lowest BCUT2D eigenvalue weighted by Gasteiger charge is -2.12. The molecule has 2 N–H and O–H groups in total. The number of hydrogen-bond donors (Lipinski definition) is 2. The smallest absolute Gasteiger partial charge is 0.217 e. The first-order valence-corrected chi connectivity index (χ1v) is 10.4. The second-order valence-electron chi connectivity index (χ2n) is 7.65. The predicted molar refractivity (Wildman–Crippen MR) is 126 cm³/mol. The van der Waals surface area contributed by atoms with Gasteiger partial charge >= 0.3 is 0 Å². The molecule has 6 nitrogen and oxygen atoms in total. The number of ether oxygens (including phenoxy) is 1. The molecule has 6 heteroatoms. The molecule has 1 amide bonds. The van der Waals surface area contributed by atoms with E-state index in [2.05, 4.69) is 38.5 Å². The normalized spacial score (nSPS) is 11.1. The van der Waals surface area contributed by atoms with Gasteiger partial charge in [0.05, 0.1) is 24.5 Å². The van der Waals surface area contributed by atoms with E-state index >= 15 is 0 Å². The predicted octanol–water partition coefficient (Wildman–Crippen LogP) is 5.09. The number of methoxy groups -OCH3 is 1. The number of fused-ring (bicyclic) bond motifs is 3. The maximum absolute atomic E-state index is 11.2. The van der Waals surface area contributed by atoms with Crippen LogP contribution in [0.4, 0.5) is 0 Å². The third-order valence-corrected chi connectivity index (χ3v) is 5.57. The van der Waals surface area contributed by atoms with Crippen molar-refractivity contribution < 1.29 is 9.53 Å². The minimum Gasteiger partial charge on any atom is -0.496 e. The van der Waals surface area contributed by atoms with Gasteiger partial charge in [-0.05, 0) is 41.5 Å². The highest BCUT2D eigenvalue weighted by Gasteiger charge is 2.16. The van der Waals surface area contributed by atoms with Gasteiger partial charge in [-0.1, -0.05) is 24.3 Å². The van der Waals surface area contributed by atoms with Crippen molar-refractivity contribution in [3.05, 3.63) is 78.8 Å². The molecule has 0 aliphatic rings. The molecule has 2 aromatic carbocycles. The Morgan fingerprint density at radius 1 is 1.03 bits per heavy atom. The SMILES string of the molecule is COc1ccc2[nH]c3cnc(-c4cccnc4)cc3c2c1-c1ccc(CNC(C)=O)cc1. The number of H-pyrrole nitrogens is 1. The van der Waals surface area contributed by atoms with Gasteiger partial charge in [0.25, 0.3) is 0 Å². The Bertz CT molecular complexity index is 1420. The fraction of sp³-hybridized carbons (Fsp3) is 0.115. The molecule has 0 saturated heterocycles. The van der Waals surface area contributed by atoms with E-state index in [1.54, 1.807) is 13.3 Å². The summed E-state index contributed by atoms with van der Waals surface area (Å²) in [7, 11) is 1.69. The van der Waals surface area contributed by atoms with Crippen LogP contribution in [0.5, 0.6) is 5.75 Å². The van der Waals surface area contributed by atoms with Gasteiger partial charge in [-0.2, -0.15) is 0 Å². The van der Waals surface area contributed by atoms with Gasteiger partial charge in [0, 0.05) is 53.3 Å². The molecule has 0 radical (unpaired) electrons. The Morgan fingerprint density at radius 2 is 1.88 bits per heavy atom. The standard InChI is InChI=1S/C26H22N4O2/c1-16(31)28-13-17-5-7-18(8-6-17)25-24(32-2)10-9-21-26(25)20-12-22(29-15-23(20)30-21)19-4-3-11-27-14-19/h3-12,14-15,30H,13H2,1-2H3,(H,28,31). The number of carbonyl (C=O) groups excluding carboxylic acids is 1. The lowest BCUT2D eigenvalue weighted by molar-refractivity contribution is -0.119. The Morgan fingerprint density at radius 3 is 2.59 bits per heavy atom. The van der Waals surface area contributed by atoms with E-state index in [4.69, 9.17) is 4.74 Å². The molecular weight excluding hydrogens is 400 g/mol. The fourth-order valence-corrected chi connectivity index (χ4v) is 4.02. The summed E-state index contributed by atoms with van der Waals surface area (Å²) in [6.07, 6.45) is 5.44. The maximum atomic E-state index is 11.2. The largest absolute Gasteiger partial charge is 0.496 e. The maximum Gasteiger partial charge on any atom is 0.217 e. The number of carbonyl (C=O) groups is 1. The lowest BCUT2D eigenvalue weighted by atomic mass is 9.97. The third-order valence-electron chi connectivity index (χ3n) is 5.57. The van der Waals surface area contributed by atoms with E-state index in [-0.39, 0.29) is 5.91 Å². The molecule has 0 saturated carbocycles. The number of aromatic nitrogens is 3. The average Bonchev–Trinajstić information content (AvgIpc) is 3.21. The van der Waals surface area contributed by atoms with E-state index in [0.29, 0.717) is 6.54 Å². The first-order chi connectivity index (χ1) is 15.6. The van der Waals surface area contributed by atoms with Crippen molar-refractivity contribution in [2.24, 2.45) is 0 Å². The van der Waals surface area contributed by atoms with Crippen LogP contribution in [0.25, 0.3) is 44.2 Å². The number of nitrogens with zero attached hydrogens (tertiary/aromatic N) is 2. The topological polar surface area (TPSA) is 79.9 Å². The van der Waals surface area contributed by atoms with Crippen LogP contribution in [0.15, 0.2) is 73.2 Å². The summed E-state index contributed by atoms with van der Waals surface area (Å²) in [6, 6.07) is 18.2. The van der Waals surface area contributed by atoms with Crippen LogP contribution in [0.1, 0.15) is 12.5 Å². The molecular formula is C26H22N4O2. The van der Waals surface area contributed by atoms with Crippen LogP contribution in [0, 0.1) is 0 Å². The monoisotopic (exact) mass is 422 g/mol. The molecule has 0 spiro atoms. The summed E-state index contributed by atoms with van der Waals surface area (Å²) >= 11 is 0. The van der Waals surface area contributed by atoms with Gasteiger partial charge in [0.15, 0.2) is 0 Å².